The number of rotatable bonds is 4. The number of hydrogen-bond acceptors (Lipinski definition) is 3. The van der Waals surface area contributed by atoms with Crippen LogP contribution in [0.15, 0.2) is 0 Å². The fraction of sp³-hybridized carbons (Fsp3) is 1.00. The second kappa shape index (κ2) is 7.94. The molecule has 3 aliphatic rings. The van der Waals surface area contributed by atoms with Crippen molar-refractivity contribution in [2.45, 2.75) is 57.9 Å². The van der Waals surface area contributed by atoms with E-state index in [2.05, 4.69) is 21.6 Å². The number of likely N-dealkylation sites (N-methyl/N-ethyl adjacent to an activating group) is 1. The van der Waals surface area contributed by atoms with Gasteiger partial charge in [0.05, 0.1) is 0 Å². The molecule has 3 saturated heterocycles. The van der Waals surface area contributed by atoms with E-state index in [1.807, 2.05) is 0 Å². The van der Waals surface area contributed by atoms with E-state index in [1.165, 1.54) is 97.3 Å². The van der Waals surface area contributed by atoms with Crippen LogP contribution in [-0.4, -0.2) is 73.1 Å². The molecule has 21 heavy (non-hydrogen) atoms. The Bertz CT molecular complexity index is 293. The molecule has 3 nitrogen and oxygen atoms in total. The highest BCUT2D eigenvalue weighted by atomic mass is 15.2. The molecular weight excluding hydrogens is 258 g/mol. The minimum atomic E-state index is 0.856. The Kier molecular flexibility index (Phi) is 5.96. The third kappa shape index (κ3) is 4.43. The van der Waals surface area contributed by atoms with Gasteiger partial charge in [-0.05, 0) is 83.7 Å². The molecule has 0 aromatic carbocycles. The summed E-state index contributed by atoms with van der Waals surface area (Å²) in [5.74, 6) is 0.977. The predicted molar refractivity (Wildman–Crippen MR) is 89.7 cm³/mol. The van der Waals surface area contributed by atoms with E-state index in [4.69, 9.17) is 0 Å². The monoisotopic (exact) mass is 293 g/mol. The third-order valence-corrected chi connectivity index (χ3v) is 6.06. The summed E-state index contributed by atoms with van der Waals surface area (Å²) in [6.07, 6.45) is 10.1. The average Bonchev–Trinajstić information content (AvgIpc) is 2.56. The van der Waals surface area contributed by atoms with E-state index >= 15 is 0 Å². The Morgan fingerprint density at radius 3 is 2.19 bits per heavy atom. The quantitative estimate of drug-likeness (QED) is 0.789. The Morgan fingerprint density at radius 2 is 1.48 bits per heavy atom. The maximum Gasteiger partial charge on any atom is 0.0223 e. The highest BCUT2D eigenvalue weighted by Crippen LogP contribution is 2.24. The van der Waals surface area contributed by atoms with Crippen molar-refractivity contribution >= 4 is 0 Å². The molecule has 3 heteroatoms. The largest absolute Gasteiger partial charge is 0.303 e. The number of nitrogens with zero attached hydrogens (tertiary/aromatic N) is 3. The lowest BCUT2D eigenvalue weighted by Crippen LogP contribution is -2.51. The van der Waals surface area contributed by atoms with Crippen molar-refractivity contribution in [2.75, 3.05) is 52.4 Å². The van der Waals surface area contributed by atoms with Crippen LogP contribution in [0, 0.1) is 5.92 Å². The molecule has 0 saturated carbocycles. The standard InChI is InChI=1S/C18H35N3/c1-2-19-12-6-7-18(16-19)21-13-8-17(9-14-21)15-20-10-4-3-5-11-20/h17-18H,2-16H2,1H3/t18-/m1/s1. The van der Waals surface area contributed by atoms with Crippen molar-refractivity contribution in [2.24, 2.45) is 5.92 Å². The van der Waals surface area contributed by atoms with E-state index in [9.17, 15) is 0 Å². The van der Waals surface area contributed by atoms with Gasteiger partial charge in [0.15, 0.2) is 0 Å². The third-order valence-electron chi connectivity index (χ3n) is 6.06. The molecule has 3 rings (SSSR count). The van der Waals surface area contributed by atoms with Crippen molar-refractivity contribution < 1.29 is 0 Å². The van der Waals surface area contributed by atoms with Crippen LogP contribution in [0.5, 0.6) is 0 Å². The van der Waals surface area contributed by atoms with Crippen LogP contribution < -0.4 is 0 Å². The lowest BCUT2D eigenvalue weighted by molar-refractivity contribution is 0.0610. The Hall–Kier alpha value is -0.120. The molecule has 0 aliphatic carbocycles. The van der Waals surface area contributed by atoms with Gasteiger partial charge in [0.2, 0.25) is 0 Å². The molecule has 1 atom stereocenters. The maximum absolute atomic E-state index is 2.81. The average molecular weight is 293 g/mol. The highest BCUT2D eigenvalue weighted by Gasteiger charge is 2.29. The minimum Gasteiger partial charge on any atom is -0.303 e. The molecule has 3 heterocycles. The molecule has 3 fully saturated rings. The van der Waals surface area contributed by atoms with E-state index in [0.717, 1.165) is 12.0 Å². The number of piperidine rings is 3. The zero-order chi connectivity index (χ0) is 14.5. The van der Waals surface area contributed by atoms with Crippen LogP contribution in [-0.2, 0) is 0 Å². The summed E-state index contributed by atoms with van der Waals surface area (Å²) in [7, 11) is 0. The van der Waals surface area contributed by atoms with Gasteiger partial charge in [-0.25, -0.2) is 0 Å². The fourth-order valence-electron chi connectivity index (χ4n) is 4.62. The molecule has 122 valence electrons. The van der Waals surface area contributed by atoms with Crippen molar-refractivity contribution in [1.82, 2.24) is 14.7 Å². The molecule has 0 amide bonds. The van der Waals surface area contributed by atoms with Gasteiger partial charge < -0.3 is 9.80 Å². The van der Waals surface area contributed by atoms with Crippen molar-refractivity contribution in [1.29, 1.82) is 0 Å². The van der Waals surface area contributed by atoms with Gasteiger partial charge in [0, 0.05) is 19.1 Å². The molecule has 0 unspecified atom stereocenters. The summed E-state index contributed by atoms with van der Waals surface area (Å²) in [6.45, 7) is 13.1. The van der Waals surface area contributed by atoms with Crippen LogP contribution in [0.4, 0.5) is 0 Å². The van der Waals surface area contributed by atoms with Gasteiger partial charge in [0.25, 0.3) is 0 Å². The van der Waals surface area contributed by atoms with Crippen LogP contribution in [0.25, 0.3) is 0 Å². The molecule has 0 bridgehead atoms. The lowest BCUT2D eigenvalue weighted by atomic mass is 9.93. The predicted octanol–water partition coefficient (Wildman–Crippen LogP) is 2.67. The second-order valence-electron chi connectivity index (χ2n) is 7.53. The van der Waals surface area contributed by atoms with Gasteiger partial charge in [-0.2, -0.15) is 0 Å². The normalized spacial score (nSPS) is 31.6. The summed E-state index contributed by atoms with van der Waals surface area (Å²) >= 11 is 0. The van der Waals surface area contributed by atoms with Gasteiger partial charge in [-0.1, -0.05) is 13.3 Å². The smallest absolute Gasteiger partial charge is 0.0223 e. The van der Waals surface area contributed by atoms with Gasteiger partial charge in [-0.3, -0.25) is 4.90 Å². The SMILES string of the molecule is CCN1CCC[C@@H](N2CCC(CN3CCCCC3)CC2)C1. The van der Waals surface area contributed by atoms with Gasteiger partial charge >= 0.3 is 0 Å². The van der Waals surface area contributed by atoms with E-state index < -0.39 is 0 Å². The summed E-state index contributed by atoms with van der Waals surface area (Å²) in [5.41, 5.74) is 0. The first-order valence-corrected chi connectivity index (χ1v) is 9.54. The van der Waals surface area contributed by atoms with E-state index in [0.29, 0.717) is 0 Å². The number of hydrogen-bond donors (Lipinski definition) is 0. The van der Waals surface area contributed by atoms with Crippen LogP contribution in [0.2, 0.25) is 0 Å². The zero-order valence-corrected chi connectivity index (χ0v) is 14.1. The maximum atomic E-state index is 2.81. The fourth-order valence-corrected chi connectivity index (χ4v) is 4.62. The van der Waals surface area contributed by atoms with Crippen LogP contribution in [0.3, 0.4) is 0 Å². The van der Waals surface area contributed by atoms with Crippen molar-refractivity contribution in [3.05, 3.63) is 0 Å². The van der Waals surface area contributed by atoms with E-state index in [1.54, 1.807) is 0 Å². The van der Waals surface area contributed by atoms with Crippen molar-refractivity contribution in [3.8, 4) is 0 Å². The minimum absolute atomic E-state index is 0.856. The van der Waals surface area contributed by atoms with Gasteiger partial charge in [0.1, 0.15) is 0 Å². The first-order chi connectivity index (χ1) is 10.3. The number of likely N-dealkylation sites (tertiary alicyclic amines) is 3. The van der Waals surface area contributed by atoms with Crippen LogP contribution >= 0.6 is 0 Å². The molecule has 0 radical (unpaired) electrons. The summed E-state index contributed by atoms with van der Waals surface area (Å²) in [5, 5.41) is 0. The molecule has 0 N–H and O–H groups in total. The van der Waals surface area contributed by atoms with Crippen molar-refractivity contribution in [3.63, 3.8) is 0 Å². The Labute approximate surface area is 131 Å². The van der Waals surface area contributed by atoms with E-state index in [-0.39, 0.29) is 0 Å². The first kappa shape index (κ1) is 15.8. The molecular formula is C18H35N3. The molecule has 3 aliphatic heterocycles. The first-order valence-electron chi connectivity index (χ1n) is 9.54. The lowest BCUT2D eigenvalue weighted by Gasteiger charge is -2.43. The Morgan fingerprint density at radius 1 is 0.762 bits per heavy atom. The summed E-state index contributed by atoms with van der Waals surface area (Å²) < 4.78 is 0. The molecule has 0 spiro atoms. The topological polar surface area (TPSA) is 9.72 Å². The highest BCUT2D eigenvalue weighted by molar-refractivity contribution is 4.84. The van der Waals surface area contributed by atoms with Gasteiger partial charge in [-0.15, -0.1) is 0 Å². The van der Waals surface area contributed by atoms with Crippen LogP contribution in [0.1, 0.15) is 51.9 Å². The summed E-state index contributed by atoms with van der Waals surface area (Å²) in [6, 6.07) is 0.856. The zero-order valence-electron chi connectivity index (χ0n) is 14.1. The Balaban J connectivity index is 1.40. The molecule has 0 aromatic rings. The molecule has 0 aromatic heterocycles. The second-order valence-corrected chi connectivity index (χ2v) is 7.53. The summed E-state index contributed by atoms with van der Waals surface area (Å²) in [4.78, 5) is 8.20.